The number of amides is 1. The van der Waals surface area contributed by atoms with Gasteiger partial charge in [-0.05, 0) is 35.6 Å². The minimum atomic E-state index is -3.73. The van der Waals surface area contributed by atoms with E-state index >= 15 is 0 Å². The van der Waals surface area contributed by atoms with E-state index in [4.69, 9.17) is 10.1 Å². The molecule has 0 fully saturated rings. The van der Waals surface area contributed by atoms with E-state index in [0.29, 0.717) is 0 Å². The van der Waals surface area contributed by atoms with Crippen molar-refractivity contribution < 1.29 is 24.1 Å². The first-order valence-electron chi connectivity index (χ1n) is 11.7. The van der Waals surface area contributed by atoms with Crippen molar-refractivity contribution in [2.75, 3.05) is 6.16 Å². The van der Waals surface area contributed by atoms with Crippen LogP contribution in [0.3, 0.4) is 0 Å². The standard InChI is InChI=1S/C28H31N2O5P/c1-20(28(32)35-18-23-9-5-3-6-10-23)30-27(31)26(19-36(33,34)21(2)29)17-22-13-15-25(16-14-22)24-11-7-4-8-12-24/h3-16,20,26,29,33-34H,17-19H2,1-2H3/p+1/t20-,26?/m0/s1. The number of benzene rings is 3. The summed E-state index contributed by atoms with van der Waals surface area (Å²) < 4.78 is 5.30. The van der Waals surface area contributed by atoms with E-state index in [-0.39, 0.29) is 24.6 Å². The van der Waals surface area contributed by atoms with Crippen molar-refractivity contribution in [2.24, 2.45) is 5.92 Å². The van der Waals surface area contributed by atoms with Crippen molar-refractivity contribution in [3.05, 3.63) is 96.1 Å². The van der Waals surface area contributed by atoms with Crippen molar-refractivity contribution in [1.82, 2.24) is 5.32 Å². The third-order valence-electron chi connectivity index (χ3n) is 5.86. The van der Waals surface area contributed by atoms with Crippen molar-refractivity contribution in [2.45, 2.75) is 32.9 Å². The number of carbonyl (C=O) groups is 2. The fraction of sp³-hybridized carbons (Fsp3) is 0.250. The second-order valence-electron chi connectivity index (χ2n) is 8.79. The minimum absolute atomic E-state index is 0.0893. The molecular weight excluding hydrogens is 475 g/mol. The maximum atomic E-state index is 13.1. The fourth-order valence-electron chi connectivity index (χ4n) is 3.68. The van der Waals surface area contributed by atoms with Gasteiger partial charge in [0.05, 0.1) is 5.92 Å². The van der Waals surface area contributed by atoms with Crippen LogP contribution in [0, 0.1) is 11.3 Å². The molecule has 2 atom stereocenters. The highest BCUT2D eigenvalue weighted by Gasteiger charge is 2.42. The van der Waals surface area contributed by atoms with E-state index in [1.54, 1.807) is 0 Å². The van der Waals surface area contributed by atoms with Gasteiger partial charge in [0.2, 0.25) is 11.4 Å². The molecule has 0 aliphatic heterocycles. The Morgan fingerprint density at radius 1 is 0.889 bits per heavy atom. The lowest BCUT2D eigenvalue weighted by molar-refractivity contribution is -0.148. The van der Waals surface area contributed by atoms with E-state index in [2.05, 4.69) is 5.32 Å². The van der Waals surface area contributed by atoms with E-state index in [9.17, 15) is 19.4 Å². The molecule has 3 rings (SSSR count). The number of ether oxygens (including phenoxy) is 1. The maximum Gasteiger partial charge on any atom is 0.328 e. The molecule has 1 amide bonds. The van der Waals surface area contributed by atoms with Crippen LogP contribution in [-0.4, -0.2) is 39.3 Å². The predicted octanol–water partition coefficient (Wildman–Crippen LogP) is 4.59. The summed E-state index contributed by atoms with van der Waals surface area (Å²) in [6, 6.07) is 25.9. The zero-order valence-electron chi connectivity index (χ0n) is 20.4. The lowest BCUT2D eigenvalue weighted by atomic mass is 9.97. The van der Waals surface area contributed by atoms with Crippen LogP contribution in [0.2, 0.25) is 0 Å². The van der Waals surface area contributed by atoms with Gasteiger partial charge in [0.15, 0.2) is 0 Å². The van der Waals surface area contributed by atoms with Gasteiger partial charge in [-0.2, -0.15) is 0 Å². The summed E-state index contributed by atoms with van der Waals surface area (Å²) in [6.45, 7) is 2.94. The van der Waals surface area contributed by atoms with Gasteiger partial charge in [0.25, 0.3) is 0 Å². The van der Waals surface area contributed by atoms with Crippen molar-refractivity contribution in [3.8, 4) is 11.1 Å². The van der Waals surface area contributed by atoms with Crippen LogP contribution < -0.4 is 5.32 Å². The van der Waals surface area contributed by atoms with Gasteiger partial charge in [-0.25, -0.2) is 14.6 Å². The van der Waals surface area contributed by atoms with Crippen LogP contribution >= 0.6 is 7.72 Å². The topological polar surface area (TPSA) is 120 Å². The summed E-state index contributed by atoms with van der Waals surface area (Å²) in [5.41, 5.74) is 3.50. The smallest absolute Gasteiger partial charge is 0.328 e. The highest BCUT2D eigenvalue weighted by atomic mass is 31.2. The minimum Gasteiger partial charge on any atom is -0.459 e. The van der Waals surface area contributed by atoms with Gasteiger partial charge in [-0.3, -0.25) is 10.2 Å². The van der Waals surface area contributed by atoms with Gasteiger partial charge < -0.3 is 10.1 Å². The van der Waals surface area contributed by atoms with E-state index in [0.717, 1.165) is 22.3 Å². The van der Waals surface area contributed by atoms with Gasteiger partial charge in [0.1, 0.15) is 18.8 Å². The first-order valence-corrected chi connectivity index (χ1v) is 13.6. The maximum absolute atomic E-state index is 13.1. The van der Waals surface area contributed by atoms with Crippen molar-refractivity contribution in [1.29, 1.82) is 5.41 Å². The molecular formula is C28H32N2O5P+. The SMILES string of the molecule is CC(=N)[P+](O)(O)CC(Cc1ccc(-c2ccccc2)cc1)C(=O)N[C@@H](C)C(=O)OCc1ccccc1. The predicted molar refractivity (Wildman–Crippen MR) is 143 cm³/mol. The molecule has 0 saturated heterocycles. The van der Waals surface area contributed by atoms with E-state index < -0.39 is 31.6 Å². The highest BCUT2D eigenvalue weighted by molar-refractivity contribution is 7.81. The second-order valence-corrected chi connectivity index (χ2v) is 11.3. The van der Waals surface area contributed by atoms with Crippen LogP contribution in [0.15, 0.2) is 84.9 Å². The highest BCUT2D eigenvalue weighted by Crippen LogP contribution is 2.52. The summed E-state index contributed by atoms with van der Waals surface area (Å²) in [6.07, 6.45) is -0.0524. The Kier molecular flexibility index (Phi) is 9.48. The molecule has 188 valence electrons. The molecule has 0 spiro atoms. The van der Waals surface area contributed by atoms with Gasteiger partial charge in [-0.15, -0.1) is 0 Å². The number of rotatable bonds is 11. The number of esters is 1. The summed E-state index contributed by atoms with van der Waals surface area (Å²) in [7, 11) is -3.73. The molecule has 0 aromatic heterocycles. The normalized spacial score (nSPS) is 12.9. The largest absolute Gasteiger partial charge is 0.459 e. The third-order valence-corrected chi connectivity index (χ3v) is 7.89. The molecule has 0 bridgehead atoms. The summed E-state index contributed by atoms with van der Waals surface area (Å²) >= 11 is 0. The van der Waals surface area contributed by atoms with Crippen LogP contribution in [0.25, 0.3) is 11.1 Å². The average Bonchev–Trinajstić information content (AvgIpc) is 2.88. The first kappa shape index (κ1) is 27.2. The van der Waals surface area contributed by atoms with Crippen LogP contribution in [-0.2, 0) is 27.4 Å². The van der Waals surface area contributed by atoms with Crippen LogP contribution in [0.5, 0.6) is 0 Å². The summed E-state index contributed by atoms with van der Waals surface area (Å²) in [5.74, 6) is -1.93. The Morgan fingerprint density at radius 3 is 2.03 bits per heavy atom. The second kappa shape index (κ2) is 12.5. The molecule has 4 N–H and O–H groups in total. The molecule has 0 heterocycles. The molecule has 36 heavy (non-hydrogen) atoms. The molecule has 7 nitrogen and oxygen atoms in total. The van der Waals surface area contributed by atoms with Gasteiger partial charge in [0, 0.05) is 6.92 Å². The molecule has 8 heteroatoms. The van der Waals surface area contributed by atoms with Crippen LogP contribution in [0.4, 0.5) is 0 Å². The van der Waals surface area contributed by atoms with Crippen molar-refractivity contribution >= 4 is 25.0 Å². The Morgan fingerprint density at radius 2 is 1.44 bits per heavy atom. The van der Waals surface area contributed by atoms with Crippen LogP contribution in [0.1, 0.15) is 25.0 Å². The molecule has 0 radical (unpaired) electrons. The molecule has 0 aliphatic carbocycles. The molecule has 3 aromatic rings. The first-order chi connectivity index (χ1) is 17.2. The Labute approximate surface area is 212 Å². The third kappa shape index (κ3) is 7.82. The van der Waals surface area contributed by atoms with E-state index in [1.165, 1.54) is 13.8 Å². The lowest BCUT2D eigenvalue weighted by Crippen LogP contribution is -2.44. The zero-order chi connectivity index (χ0) is 26.1. The van der Waals surface area contributed by atoms with Gasteiger partial charge in [-0.1, -0.05) is 84.9 Å². The quantitative estimate of drug-likeness (QED) is 0.172. The summed E-state index contributed by atoms with van der Waals surface area (Å²) in [4.78, 5) is 46.4. The summed E-state index contributed by atoms with van der Waals surface area (Å²) in [5, 5.41) is 10.4. The number of hydrogen-bond donors (Lipinski definition) is 4. The number of nitrogens with one attached hydrogen (secondary N) is 2. The molecule has 1 unspecified atom stereocenters. The molecule has 0 saturated carbocycles. The Hall–Kier alpha value is -3.38. The fourth-order valence-corrected chi connectivity index (χ4v) is 4.86. The monoisotopic (exact) mass is 507 g/mol. The zero-order valence-corrected chi connectivity index (χ0v) is 21.3. The number of carbonyl (C=O) groups excluding carboxylic acids is 2. The Bertz CT molecular complexity index is 1170. The van der Waals surface area contributed by atoms with Gasteiger partial charge >= 0.3 is 13.7 Å². The molecule has 3 aromatic carbocycles. The van der Waals surface area contributed by atoms with E-state index in [1.807, 2.05) is 84.9 Å². The average molecular weight is 508 g/mol. The molecule has 0 aliphatic rings. The number of hydrogen-bond acceptors (Lipinski definition) is 6. The Balaban J connectivity index is 1.68. The van der Waals surface area contributed by atoms with Crippen molar-refractivity contribution in [3.63, 3.8) is 0 Å². The lowest BCUT2D eigenvalue weighted by Gasteiger charge is -2.21.